The maximum Gasteiger partial charge on any atom is 0.248 e. The number of unbranched alkanes of at least 4 members (excludes halogenated alkanes) is 6. The predicted molar refractivity (Wildman–Crippen MR) is 83.7 cm³/mol. The number of benzene rings is 1. The minimum absolute atomic E-state index is 0.110. The predicted octanol–water partition coefficient (Wildman–Crippen LogP) is 3.92. The summed E-state index contributed by atoms with van der Waals surface area (Å²) >= 11 is 0. The Bertz CT molecular complexity index is 490. The van der Waals surface area contributed by atoms with E-state index in [1.807, 2.05) is 0 Å². The van der Waals surface area contributed by atoms with E-state index < -0.39 is 6.04 Å². The highest BCUT2D eigenvalue weighted by atomic mass is 19.1. The van der Waals surface area contributed by atoms with Crippen LogP contribution in [0.15, 0.2) is 18.2 Å². The van der Waals surface area contributed by atoms with E-state index in [9.17, 15) is 9.18 Å². The number of fused-ring (bicyclic) bond motifs is 1. The Morgan fingerprint density at radius 1 is 1.14 bits per heavy atom. The molecule has 0 radical (unpaired) electrons. The molecule has 1 aliphatic heterocycles. The van der Waals surface area contributed by atoms with Crippen molar-refractivity contribution in [2.75, 3.05) is 11.4 Å². The topological polar surface area (TPSA) is 46.3 Å². The van der Waals surface area contributed by atoms with E-state index in [-0.39, 0.29) is 11.7 Å². The lowest BCUT2D eigenvalue weighted by atomic mass is 10.1. The lowest BCUT2D eigenvalue weighted by molar-refractivity contribution is -0.119. The molecule has 0 aliphatic carbocycles. The number of carbonyl (C=O) groups is 1. The summed E-state index contributed by atoms with van der Waals surface area (Å²) in [5, 5.41) is 0. The zero-order chi connectivity index (χ0) is 15.2. The number of anilines is 1. The van der Waals surface area contributed by atoms with Crippen LogP contribution in [0.4, 0.5) is 10.1 Å². The normalized spacial score (nSPS) is 17.4. The first-order chi connectivity index (χ1) is 10.1. The Labute approximate surface area is 126 Å². The van der Waals surface area contributed by atoms with Crippen molar-refractivity contribution in [3.63, 3.8) is 0 Å². The quantitative estimate of drug-likeness (QED) is 0.738. The SMILES string of the molecule is CCCCCCCCCN1C(=O)C(N)c2cc(F)ccc21. The lowest BCUT2D eigenvalue weighted by Gasteiger charge is -2.17. The van der Waals surface area contributed by atoms with Crippen molar-refractivity contribution in [1.82, 2.24) is 0 Å². The van der Waals surface area contributed by atoms with Gasteiger partial charge in [0.05, 0.1) is 0 Å². The Morgan fingerprint density at radius 2 is 1.81 bits per heavy atom. The number of hydrogen-bond donors (Lipinski definition) is 1. The molecule has 21 heavy (non-hydrogen) atoms. The van der Waals surface area contributed by atoms with E-state index in [4.69, 9.17) is 5.73 Å². The zero-order valence-electron chi connectivity index (χ0n) is 12.8. The van der Waals surface area contributed by atoms with E-state index >= 15 is 0 Å². The maximum absolute atomic E-state index is 13.3. The first kappa shape index (κ1) is 16.0. The molecule has 1 aliphatic rings. The average Bonchev–Trinajstić information content (AvgIpc) is 2.71. The molecule has 0 spiro atoms. The van der Waals surface area contributed by atoms with Crippen LogP contribution in [-0.4, -0.2) is 12.5 Å². The van der Waals surface area contributed by atoms with Gasteiger partial charge in [-0.05, 0) is 24.6 Å². The van der Waals surface area contributed by atoms with Crippen molar-refractivity contribution in [2.24, 2.45) is 5.73 Å². The third-order valence-electron chi connectivity index (χ3n) is 4.13. The molecular formula is C17H25FN2O. The van der Waals surface area contributed by atoms with Crippen LogP contribution in [0.3, 0.4) is 0 Å². The highest BCUT2D eigenvalue weighted by molar-refractivity contribution is 6.04. The van der Waals surface area contributed by atoms with Gasteiger partial charge in [0.2, 0.25) is 5.91 Å². The van der Waals surface area contributed by atoms with E-state index in [1.54, 1.807) is 11.0 Å². The second-order valence-electron chi connectivity index (χ2n) is 5.79. The number of rotatable bonds is 8. The second kappa shape index (κ2) is 7.55. The van der Waals surface area contributed by atoms with Crippen LogP contribution in [0, 0.1) is 5.82 Å². The molecule has 1 atom stereocenters. The van der Waals surface area contributed by atoms with Crippen molar-refractivity contribution in [2.45, 2.75) is 57.9 Å². The zero-order valence-corrected chi connectivity index (χ0v) is 12.8. The summed E-state index contributed by atoms with van der Waals surface area (Å²) in [5.41, 5.74) is 7.27. The number of halogens is 1. The van der Waals surface area contributed by atoms with Crippen LogP contribution >= 0.6 is 0 Å². The van der Waals surface area contributed by atoms with Gasteiger partial charge in [-0.25, -0.2) is 4.39 Å². The van der Waals surface area contributed by atoms with Gasteiger partial charge in [0.1, 0.15) is 11.9 Å². The van der Waals surface area contributed by atoms with Crippen LogP contribution < -0.4 is 10.6 Å². The van der Waals surface area contributed by atoms with Gasteiger partial charge in [-0.15, -0.1) is 0 Å². The summed E-state index contributed by atoms with van der Waals surface area (Å²) in [6, 6.07) is 3.72. The first-order valence-corrected chi connectivity index (χ1v) is 8.01. The molecule has 1 amide bonds. The third-order valence-corrected chi connectivity index (χ3v) is 4.13. The summed E-state index contributed by atoms with van der Waals surface area (Å²) < 4.78 is 13.3. The van der Waals surface area contributed by atoms with Gasteiger partial charge in [0, 0.05) is 17.8 Å². The van der Waals surface area contributed by atoms with E-state index in [2.05, 4.69) is 6.92 Å². The summed E-state index contributed by atoms with van der Waals surface area (Å²) in [7, 11) is 0. The largest absolute Gasteiger partial charge is 0.316 e. The molecule has 116 valence electrons. The molecule has 3 nitrogen and oxygen atoms in total. The minimum Gasteiger partial charge on any atom is -0.316 e. The molecular weight excluding hydrogens is 267 g/mol. The Hall–Kier alpha value is -1.42. The van der Waals surface area contributed by atoms with Gasteiger partial charge in [-0.1, -0.05) is 45.4 Å². The van der Waals surface area contributed by atoms with Crippen molar-refractivity contribution >= 4 is 11.6 Å². The molecule has 0 saturated carbocycles. The highest BCUT2D eigenvalue weighted by Crippen LogP contribution is 2.35. The average molecular weight is 292 g/mol. The molecule has 4 heteroatoms. The minimum atomic E-state index is -0.708. The molecule has 1 unspecified atom stereocenters. The maximum atomic E-state index is 13.3. The Morgan fingerprint density at radius 3 is 2.52 bits per heavy atom. The second-order valence-corrected chi connectivity index (χ2v) is 5.79. The summed E-state index contributed by atoms with van der Waals surface area (Å²) in [4.78, 5) is 13.9. The fraction of sp³-hybridized carbons (Fsp3) is 0.588. The van der Waals surface area contributed by atoms with Gasteiger partial charge in [-0.3, -0.25) is 4.79 Å². The number of hydrogen-bond acceptors (Lipinski definition) is 2. The van der Waals surface area contributed by atoms with Gasteiger partial charge in [0.25, 0.3) is 0 Å². The lowest BCUT2D eigenvalue weighted by Crippen LogP contribution is -2.32. The van der Waals surface area contributed by atoms with Gasteiger partial charge in [0.15, 0.2) is 0 Å². The molecule has 0 saturated heterocycles. The van der Waals surface area contributed by atoms with E-state index in [0.29, 0.717) is 12.1 Å². The van der Waals surface area contributed by atoms with Gasteiger partial charge < -0.3 is 10.6 Å². The van der Waals surface area contributed by atoms with Crippen LogP contribution in [0.2, 0.25) is 0 Å². The van der Waals surface area contributed by atoms with Crippen LogP contribution in [0.5, 0.6) is 0 Å². The van der Waals surface area contributed by atoms with Gasteiger partial charge in [-0.2, -0.15) is 0 Å². The number of nitrogens with two attached hydrogens (primary N) is 1. The fourth-order valence-corrected chi connectivity index (χ4v) is 2.90. The molecule has 0 bridgehead atoms. The number of carbonyl (C=O) groups excluding carboxylic acids is 1. The molecule has 0 fully saturated rings. The smallest absolute Gasteiger partial charge is 0.248 e. The number of nitrogens with zero attached hydrogens (tertiary/aromatic N) is 1. The van der Waals surface area contributed by atoms with E-state index in [1.165, 1.54) is 44.2 Å². The Kier molecular flexibility index (Phi) is 5.74. The molecule has 1 aromatic carbocycles. The first-order valence-electron chi connectivity index (χ1n) is 8.01. The van der Waals surface area contributed by atoms with E-state index in [0.717, 1.165) is 18.5 Å². The van der Waals surface area contributed by atoms with Crippen LogP contribution in [0.1, 0.15) is 63.5 Å². The molecule has 2 N–H and O–H groups in total. The van der Waals surface area contributed by atoms with Crippen LogP contribution in [-0.2, 0) is 4.79 Å². The molecule has 0 aromatic heterocycles. The monoisotopic (exact) mass is 292 g/mol. The molecule has 1 heterocycles. The summed E-state index contributed by atoms with van der Waals surface area (Å²) in [6.07, 6.45) is 8.44. The molecule has 1 aromatic rings. The van der Waals surface area contributed by atoms with Crippen molar-refractivity contribution in [1.29, 1.82) is 0 Å². The summed E-state index contributed by atoms with van der Waals surface area (Å²) in [5.74, 6) is -0.448. The van der Waals surface area contributed by atoms with Crippen molar-refractivity contribution < 1.29 is 9.18 Å². The Balaban J connectivity index is 1.83. The van der Waals surface area contributed by atoms with Crippen molar-refractivity contribution in [3.8, 4) is 0 Å². The number of amides is 1. The summed E-state index contributed by atoms with van der Waals surface area (Å²) in [6.45, 7) is 2.89. The highest BCUT2D eigenvalue weighted by Gasteiger charge is 2.34. The van der Waals surface area contributed by atoms with Gasteiger partial charge >= 0.3 is 0 Å². The third kappa shape index (κ3) is 3.82. The van der Waals surface area contributed by atoms with Crippen LogP contribution in [0.25, 0.3) is 0 Å². The standard InChI is InChI=1S/C17H25FN2O/c1-2-3-4-5-6-7-8-11-20-15-10-9-13(18)12-14(15)16(19)17(20)21/h9-10,12,16H,2-8,11,19H2,1H3. The fourth-order valence-electron chi connectivity index (χ4n) is 2.90. The molecule has 2 rings (SSSR count). The van der Waals surface area contributed by atoms with Crippen molar-refractivity contribution in [3.05, 3.63) is 29.6 Å².